The Balaban J connectivity index is 3.25. The molecule has 0 N–H and O–H groups in total. The van der Waals surface area contributed by atoms with Crippen molar-refractivity contribution < 1.29 is 19.1 Å². The summed E-state index contributed by atoms with van der Waals surface area (Å²) in [5.41, 5.74) is 0. The zero-order valence-electron chi connectivity index (χ0n) is 28.0. The van der Waals surface area contributed by atoms with Crippen LogP contribution in [0.4, 0.5) is 0 Å². The molecule has 0 aliphatic rings. The predicted molar refractivity (Wildman–Crippen MR) is 176 cm³/mol. The Kier molecular flexibility index (Phi) is 34.2. The lowest BCUT2D eigenvalue weighted by Crippen LogP contribution is -2.07. The van der Waals surface area contributed by atoms with Gasteiger partial charge in [0.15, 0.2) is 0 Å². The average molecular weight is 581 g/mol. The molecule has 0 amide bonds. The van der Waals surface area contributed by atoms with Crippen LogP contribution >= 0.6 is 0 Å². The van der Waals surface area contributed by atoms with Gasteiger partial charge >= 0.3 is 11.9 Å². The van der Waals surface area contributed by atoms with E-state index in [0.717, 1.165) is 44.9 Å². The third-order valence-corrected chi connectivity index (χ3v) is 8.28. The minimum Gasteiger partial charge on any atom is -0.466 e. The van der Waals surface area contributed by atoms with Crippen LogP contribution in [-0.2, 0) is 19.1 Å². The lowest BCUT2D eigenvalue weighted by molar-refractivity contribution is -0.144. The lowest BCUT2D eigenvalue weighted by atomic mass is 10.0. The van der Waals surface area contributed by atoms with Gasteiger partial charge in [0.05, 0.1) is 13.2 Å². The van der Waals surface area contributed by atoms with E-state index in [4.69, 9.17) is 9.47 Å². The maximum Gasteiger partial charge on any atom is 0.305 e. The van der Waals surface area contributed by atoms with Gasteiger partial charge in [-0.15, -0.1) is 0 Å². The first-order chi connectivity index (χ1) is 20.2. The first kappa shape index (κ1) is 39.9. The van der Waals surface area contributed by atoms with E-state index in [1.165, 1.54) is 141 Å². The zero-order chi connectivity index (χ0) is 29.9. The van der Waals surface area contributed by atoms with Crippen molar-refractivity contribution in [1.82, 2.24) is 0 Å². The van der Waals surface area contributed by atoms with E-state index < -0.39 is 0 Å². The molecule has 0 rings (SSSR count). The second-order valence-electron chi connectivity index (χ2n) is 12.5. The number of hydrogen-bond donors (Lipinski definition) is 0. The van der Waals surface area contributed by atoms with E-state index in [9.17, 15) is 9.59 Å². The van der Waals surface area contributed by atoms with Crippen molar-refractivity contribution >= 4 is 11.9 Å². The van der Waals surface area contributed by atoms with Gasteiger partial charge in [-0.3, -0.25) is 9.59 Å². The van der Waals surface area contributed by atoms with Crippen LogP contribution in [0.5, 0.6) is 0 Å². The van der Waals surface area contributed by atoms with Crippen molar-refractivity contribution in [1.29, 1.82) is 0 Å². The Hall–Kier alpha value is -1.06. The first-order valence-electron chi connectivity index (χ1n) is 18.5. The molecule has 0 saturated carbocycles. The summed E-state index contributed by atoms with van der Waals surface area (Å²) in [6, 6.07) is 0. The highest BCUT2D eigenvalue weighted by molar-refractivity contribution is 5.69. The third kappa shape index (κ3) is 35.0. The molecule has 0 aliphatic carbocycles. The molecule has 0 aromatic heterocycles. The molecule has 0 aromatic carbocycles. The van der Waals surface area contributed by atoms with Crippen LogP contribution in [0.1, 0.15) is 213 Å². The fraction of sp³-hybridized carbons (Fsp3) is 0.946. The molecule has 0 fully saturated rings. The van der Waals surface area contributed by atoms with Gasteiger partial charge in [-0.25, -0.2) is 0 Å². The fourth-order valence-corrected chi connectivity index (χ4v) is 5.47. The number of carbonyl (C=O) groups excluding carboxylic acids is 2. The minimum atomic E-state index is -0.0581. The quantitative estimate of drug-likeness (QED) is 0.0561. The van der Waals surface area contributed by atoms with Crippen molar-refractivity contribution in [2.45, 2.75) is 213 Å². The van der Waals surface area contributed by atoms with Gasteiger partial charge in [0.1, 0.15) is 0 Å². The summed E-state index contributed by atoms with van der Waals surface area (Å²) in [5, 5.41) is 0. The number of unbranched alkanes of at least 4 members (excludes halogenated alkanes) is 26. The number of esters is 2. The van der Waals surface area contributed by atoms with E-state index >= 15 is 0 Å². The molecule has 4 nitrogen and oxygen atoms in total. The maximum atomic E-state index is 11.9. The van der Waals surface area contributed by atoms with E-state index in [0.29, 0.717) is 26.1 Å². The van der Waals surface area contributed by atoms with Gasteiger partial charge in [0.25, 0.3) is 0 Å². The summed E-state index contributed by atoms with van der Waals surface area (Å²) in [4.78, 5) is 23.8. The van der Waals surface area contributed by atoms with E-state index in [2.05, 4.69) is 13.8 Å². The van der Waals surface area contributed by atoms with Crippen LogP contribution in [0, 0.1) is 0 Å². The van der Waals surface area contributed by atoms with Crippen molar-refractivity contribution in [2.75, 3.05) is 13.2 Å². The van der Waals surface area contributed by atoms with Gasteiger partial charge in [-0.2, -0.15) is 0 Å². The van der Waals surface area contributed by atoms with Crippen molar-refractivity contribution in [3.05, 3.63) is 0 Å². The summed E-state index contributed by atoms with van der Waals surface area (Å²) in [6.07, 6.45) is 37.9. The highest BCUT2D eigenvalue weighted by atomic mass is 16.5. The monoisotopic (exact) mass is 581 g/mol. The normalized spacial score (nSPS) is 11.2. The molecule has 0 atom stereocenters. The SMILES string of the molecule is CCCCCCCCCCCCCCCC(=O)OCCCCCOC(=O)CCCCCCCCCCCCCCC. The molecule has 0 unspecified atom stereocenters. The van der Waals surface area contributed by atoms with Gasteiger partial charge in [0.2, 0.25) is 0 Å². The molecule has 0 radical (unpaired) electrons. The van der Waals surface area contributed by atoms with Crippen LogP contribution in [0.25, 0.3) is 0 Å². The summed E-state index contributed by atoms with van der Waals surface area (Å²) >= 11 is 0. The third-order valence-electron chi connectivity index (χ3n) is 8.28. The Morgan fingerprint density at radius 1 is 0.317 bits per heavy atom. The van der Waals surface area contributed by atoms with E-state index in [-0.39, 0.29) is 11.9 Å². The summed E-state index contributed by atoms with van der Waals surface area (Å²) < 4.78 is 10.7. The standard InChI is InChI=1S/C37H72O4/c1-3-5-7-9-11-13-15-17-19-21-23-25-28-32-36(38)40-34-30-27-31-35-41-37(39)33-29-26-24-22-20-18-16-14-12-10-8-6-4-2/h3-35H2,1-2H3. The van der Waals surface area contributed by atoms with Gasteiger partial charge in [-0.05, 0) is 32.1 Å². The molecule has 0 bridgehead atoms. The second kappa shape index (κ2) is 35.1. The van der Waals surface area contributed by atoms with Crippen LogP contribution in [0.15, 0.2) is 0 Å². The van der Waals surface area contributed by atoms with Gasteiger partial charge in [-0.1, -0.05) is 168 Å². The van der Waals surface area contributed by atoms with Crippen LogP contribution in [0.2, 0.25) is 0 Å². The highest BCUT2D eigenvalue weighted by Crippen LogP contribution is 2.14. The van der Waals surface area contributed by atoms with Gasteiger partial charge in [0, 0.05) is 12.8 Å². The lowest BCUT2D eigenvalue weighted by Gasteiger charge is -2.07. The molecular weight excluding hydrogens is 508 g/mol. The molecule has 0 aromatic rings. The van der Waals surface area contributed by atoms with Crippen LogP contribution in [0.3, 0.4) is 0 Å². The number of ether oxygens (including phenoxy) is 2. The number of rotatable bonds is 34. The van der Waals surface area contributed by atoms with Crippen molar-refractivity contribution in [3.8, 4) is 0 Å². The Labute approximate surface area is 256 Å². The summed E-state index contributed by atoms with van der Waals surface area (Å²) in [5.74, 6) is -0.116. The molecule has 0 saturated heterocycles. The number of carbonyl (C=O) groups is 2. The predicted octanol–water partition coefficient (Wildman–Crippen LogP) is 12.2. The molecule has 41 heavy (non-hydrogen) atoms. The zero-order valence-corrected chi connectivity index (χ0v) is 28.0. The average Bonchev–Trinajstić information content (AvgIpc) is 2.97. The smallest absolute Gasteiger partial charge is 0.305 e. The molecule has 0 heterocycles. The Bertz CT molecular complexity index is 487. The molecule has 244 valence electrons. The largest absolute Gasteiger partial charge is 0.466 e. The van der Waals surface area contributed by atoms with E-state index in [1.807, 2.05) is 0 Å². The fourth-order valence-electron chi connectivity index (χ4n) is 5.47. The minimum absolute atomic E-state index is 0.0581. The summed E-state index contributed by atoms with van der Waals surface area (Å²) in [7, 11) is 0. The first-order valence-corrected chi connectivity index (χ1v) is 18.5. The Morgan fingerprint density at radius 3 is 0.805 bits per heavy atom. The van der Waals surface area contributed by atoms with Crippen LogP contribution < -0.4 is 0 Å². The van der Waals surface area contributed by atoms with E-state index in [1.54, 1.807) is 0 Å². The Morgan fingerprint density at radius 2 is 0.537 bits per heavy atom. The molecule has 0 spiro atoms. The molecule has 4 heteroatoms. The van der Waals surface area contributed by atoms with Crippen LogP contribution in [-0.4, -0.2) is 25.2 Å². The maximum absolute atomic E-state index is 11.9. The van der Waals surface area contributed by atoms with Crippen molar-refractivity contribution in [2.24, 2.45) is 0 Å². The highest BCUT2D eigenvalue weighted by Gasteiger charge is 2.05. The molecule has 0 aliphatic heterocycles. The topological polar surface area (TPSA) is 52.6 Å². The summed E-state index contributed by atoms with van der Waals surface area (Å²) in [6.45, 7) is 5.53. The van der Waals surface area contributed by atoms with Gasteiger partial charge < -0.3 is 9.47 Å². The molecular formula is C37H72O4. The van der Waals surface area contributed by atoms with Crippen molar-refractivity contribution in [3.63, 3.8) is 0 Å². The number of hydrogen-bond acceptors (Lipinski definition) is 4. The second-order valence-corrected chi connectivity index (χ2v) is 12.5.